The standard InChI is InChI=1S/C14H15ClN2O3/c1-14(2,3)11-10(13(19)20)12(18)17(16-11)9-6-4-5-8(15)7-9/h4-7,16H,1-3H3,(H,19,20). The van der Waals surface area contributed by atoms with E-state index in [2.05, 4.69) is 5.10 Å². The molecule has 0 aliphatic carbocycles. The van der Waals surface area contributed by atoms with Crippen LogP contribution in [0.15, 0.2) is 29.1 Å². The first-order valence-electron chi connectivity index (χ1n) is 6.06. The highest BCUT2D eigenvalue weighted by atomic mass is 35.5. The number of carboxylic acid groups (broad SMARTS) is 1. The number of hydrogen-bond donors (Lipinski definition) is 2. The molecule has 1 aromatic carbocycles. The predicted octanol–water partition coefficient (Wildman–Crippen LogP) is 2.81. The van der Waals surface area contributed by atoms with E-state index >= 15 is 0 Å². The van der Waals surface area contributed by atoms with Gasteiger partial charge in [-0.15, -0.1) is 0 Å². The van der Waals surface area contributed by atoms with Crippen LogP contribution in [0.2, 0.25) is 5.02 Å². The molecule has 0 fully saturated rings. The van der Waals surface area contributed by atoms with Crippen molar-refractivity contribution in [2.75, 3.05) is 0 Å². The van der Waals surface area contributed by atoms with E-state index in [1.54, 1.807) is 24.3 Å². The molecule has 0 amide bonds. The first-order chi connectivity index (χ1) is 9.21. The summed E-state index contributed by atoms with van der Waals surface area (Å²) in [6, 6.07) is 6.66. The molecule has 2 aromatic rings. The van der Waals surface area contributed by atoms with E-state index in [4.69, 9.17) is 11.6 Å². The molecule has 1 aromatic heterocycles. The Hall–Kier alpha value is -2.01. The van der Waals surface area contributed by atoms with Gasteiger partial charge >= 0.3 is 5.97 Å². The lowest BCUT2D eigenvalue weighted by atomic mass is 9.89. The molecule has 0 saturated carbocycles. The Morgan fingerprint density at radius 1 is 1.35 bits per heavy atom. The molecule has 0 radical (unpaired) electrons. The van der Waals surface area contributed by atoms with E-state index in [0.29, 0.717) is 16.4 Å². The number of halogens is 1. The minimum Gasteiger partial charge on any atom is -0.477 e. The number of nitrogens with zero attached hydrogens (tertiary/aromatic N) is 1. The number of carboxylic acids is 1. The monoisotopic (exact) mass is 294 g/mol. The van der Waals surface area contributed by atoms with Crippen LogP contribution in [0.4, 0.5) is 0 Å². The Kier molecular flexibility index (Phi) is 3.48. The maximum absolute atomic E-state index is 12.3. The molecule has 6 heteroatoms. The minimum atomic E-state index is -1.24. The molecule has 2 rings (SSSR count). The highest BCUT2D eigenvalue weighted by Gasteiger charge is 2.28. The van der Waals surface area contributed by atoms with Crippen molar-refractivity contribution in [2.45, 2.75) is 26.2 Å². The van der Waals surface area contributed by atoms with Crippen molar-refractivity contribution >= 4 is 17.6 Å². The van der Waals surface area contributed by atoms with Crippen LogP contribution >= 0.6 is 11.6 Å². The number of aromatic carboxylic acids is 1. The molecule has 0 saturated heterocycles. The van der Waals surface area contributed by atoms with Gasteiger partial charge < -0.3 is 5.11 Å². The summed E-state index contributed by atoms with van der Waals surface area (Å²) in [6.45, 7) is 5.52. The quantitative estimate of drug-likeness (QED) is 0.894. The van der Waals surface area contributed by atoms with Gasteiger partial charge in [0.25, 0.3) is 5.56 Å². The van der Waals surface area contributed by atoms with Crippen LogP contribution < -0.4 is 5.56 Å². The van der Waals surface area contributed by atoms with Gasteiger partial charge in [0.1, 0.15) is 5.56 Å². The highest BCUT2D eigenvalue weighted by Crippen LogP contribution is 2.23. The van der Waals surface area contributed by atoms with Crippen molar-refractivity contribution in [3.05, 3.63) is 50.9 Å². The first-order valence-corrected chi connectivity index (χ1v) is 6.44. The van der Waals surface area contributed by atoms with Crippen LogP contribution in [0.25, 0.3) is 5.69 Å². The number of carbonyl (C=O) groups is 1. The molecule has 0 bridgehead atoms. The van der Waals surface area contributed by atoms with Crippen molar-refractivity contribution in [2.24, 2.45) is 0 Å². The molecule has 0 aliphatic rings. The van der Waals surface area contributed by atoms with Crippen molar-refractivity contribution in [1.82, 2.24) is 9.78 Å². The fourth-order valence-electron chi connectivity index (χ4n) is 1.98. The Labute approximate surface area is 120 Å². The number of H-pyrrole nitrogens is 1. The van der Waals surface area contributed by atoms with Crippen molar-refractivity contribution in [1.29, 1.82) is 0 Å². The fourth-order valence-corrected chi connectivity index (χ4v) is 2.16. The van der Waals surface area contributed by atoms with Crippen molar-refractivity contribution in [3.8, 4) is 5.69 Å². The summed E-state index contributed by atoms with van der Waals surface area (Å²) >= 11 is 5.90. The van der Waals surface area contributed by atoms with Gasteiger partial charge in [-0.05, 0) is 18.2 Å². The lowest BCUT2D eigenvalue weighted by molar-refractivity contribution is 0.0692. The third-order valence-electron chi connectivity index (χ3n) is 2.92. The van der Waals surface area contributed by atoms with Crippen LogP contribution in [-0.2, 0) is 5.41 Å². The van der Waals surface area contributed by atoms with Gasteiger partial charge in [-0.1, -0.05) is 38.4 Å². The maximum Gasteiger partial charge on any atom is 0.343 e. The maximum atomic E-state index is 12.3. The van der Waals surface area contributed by atoms with Crippen LogP contribution in [0, 0.1) is 0 Å². The average Bonchev–Trinajstić information content (AvgIpc) is 2.66. The number of aromatic nitrogens is 2. The third-order valence-corrected chi connectivity index (χ3v) is 3.16. The topological polar surface area (TPSA) is 75.1 Å². The van der Waals surface area contributed by atoms with E-state index in [0.717, 1.165) is 0 Å². The minimum absolute atomic E-state index is 0.238. The summed E-state index contributed by atoms with van der Waals surface area (Å²) in [6.07, 6.45) is 0. The van der Waals surface area contributed by atoms with Crippen LogP contribution in [-0.4, -0.2) is 20.9 Å². The summed E-state index contributed by atoms with van der Waals surface area (Å²) in [5, 5.41) is 12.6. The van der Waals surface area contributed by atoms with E-state index in [-0.39, 0.29) is 5.56 Å². The van der Waals surface area contributed by atoms with Crippen LogP contribution in [0.1, 0.15) is 36.8 Å². The van der Waals surface area contributed by atoms with Gasteiger partial charge in [0, 0.05) is 10.4 Å². The molecular weight excluding hydrogens is 280 g/mol. The first kappa shape index (κ1) is 14.4. The molecule has 0 spiro atoms. The number of hydrogen-bond acceptors (Lipinski definition) is 2. The zero-order valence-corrected chi connectivity index (χ0v) is 12.2. The molecule has 0 atom stereocenters. The normalized spacial score (nSPS) is 11.6. The average molecular weight is 295 g/mol. The SMILES string of the molecule is CC(C)(C)c1[nH]n(-c2cccc(Cl)c2)c(=O)c1C(=O)O. The largest absolute Gasteiger partial charge is 0.477 e. The van der Waals surface area contributed by atoms with Gasteiger partial charge in [-0.25, -0.2) is 9.48 Å². The Balaban J connectivity index is 2.75. The molecule has 0 aliphatic heterocycles. The second-order valence-corrected chi connectivity index (χ2v) is 5.97. The molecule has 0 unspecified atom stereocenters. The Morgan fingerprint density at radius 3 is 2.45 bits per heavy atom. The molecule has 20 heavy (non-hydrogen) atoms. The van der Waals surface area contributed by atoms with Gasteiger partial charge in [-0.3, -0.25) is 9.89 Å². The summed E-state index contributed by atoms with van der Waals surface area (Å²) in [5.74, 6) is -1.24. The second kappa shape index (κ2) is 4.83. The smallest absolute Gasteiger partial charge is 0.343 e. The van der Waals surface area contributed by atoms with E-state index in [9.17, 15) is 14.7 Å². The molecule has 1 heterocycles. The van der Waals surface area contributed by atoms with Gasteiger partial charge in [0.2, 0.25) is 0 Å². The zero-order chi connectivity index (χ0) is 15.1. The lowest BCUT2D eigenvalue weighted by Gasteiger charge is -2.17. The van der Waals surface area contributed by atoms with Crippen molar-refractivity contribution < 1.29 is 9.90 Å². The highest BCUT2D eigenvalue weighted by molar-refractivity contribution is 6.30. The Bertz CT molecular complexity index is 723. The predicted molar refractivity (Wildman–Crippen MR) is 77.1 cm³/mol. The zero-order valence-electron chi connectivity index (χ0n) is 11.4. The molecular formula is C14H15ClN2O3. The van der Waals surface area contributed by atoms with Crippen molar-refractivity contribution in [3.63, 3.8) is 0 Å². The number of benzene rings is 1. The summed E-state index contributed by atoms with van der Waals surface area (Å²) in [7, 11) is 0. The van der Waals surface area contributed by atoms with Crippen LogP contribution in [0.3, 0.4) is 0 Å². The number of rotatable bonds is 2. The van der Waals surface area contributed by atoms with Gasteiger partial charge in [0.05, 0.1) is 11.4 Å². The number of aromatic amines is 1. The summed E-state index contributed by atoms with van der Waals surface area (Å²) < 4.78 is 1.20. The molecule has 2 N–H and O–H groups in total. The van der Waals surface area contributed by atoms with Gasteiger partial charge in [-0.2, -0.15) is 0 Å². The summed E-state index contributed by atoms with van der Waals surface area (Å²) in [4.78, 5) is 23.6. The second-order valence-electron chi connectivity index (χ2n) is 5.54. The van der Waals surface area contributed by atoms with E-state index in [1.165, 1.54) is 4.68 Å². The van der Waals surface area contributed by atoms with E-state index < -0.39 is 16.9 Å². The number of nitrogens with one attached hydrogen (secondary N) is 1. The van der Waals surface area contributed by atoms with Crippen LogP contribution in [0.5, 0.6) is 0 Å². The molecule has 106 valence electrons. The van der Waals surface area contributed by atoms with Gasteiger partial charge in [0.15, 0.2) is 0 Å². The molecule has 5 nitrogen and oxygen atoms in total. The third kappa shape index (κ3) is 2.49. The Morgan fingerprint density at radius 2 is 2.00 bits per heavy atom. The summed E-state index contributed by atoms with van der Waals surface area (Å²) in [5.41, 5.74) is -0.436. The van der Waals surface area contributed by atoms with E-state index in [1.807, 2.05) is 20.8 Å². The fraction of sp³-hybridized carbons (Fsp3) is 0.286. The lowest BCUT2D eigenvalue weighted by Crippen LogP contribution is -2.22.